The lowest BCUT2D eigenvalue weighted by molar-refractivity contribution is -0.133. The molecular formula is C15H18N2O2S. The number of thioether (sulfide) groups is 1. The average molecular weight is 290 g/mol. The van der Waals surface area contributed by atoms with Gasteiger partial charge in [-0.05, 0) is 43.4 Å². The SMILES string of the molecule is Cc1ccc2nc(SCC(=O)O)n(C3CC(C)C3)c2c1. The van der Waals surface area contributed by atoms with Gasteiger partial charge in [-0.1, -0.05) is 24.8 Å². The van der Waals surface area contributed by atoms with E-state index >= 15 is 0 Å². The molecule has 0 bridgehead atoms. The molecule has 2 aromatic rings. The summed E-state index contributed by atoms with van der Waals surface area (Å²) >= 11 is 1.32. The average Bonchev–Trinajstić information content (AvgIpc) is 2.70. The maximum Gasteiger partial charge on any atom is 0.313 e. The number of benzene rings is 1. The van der Waals surface area contributed by atoms with Crippen molar-refractivity contribution in [2.45, 2.75) is 37.9 Å². The van der Waals surface area contributed by atoms with Crippen molar-refractivity contribution < 1.29 is 9.90 Å². The van der Waals surface area contributed by atoms with Crippen LogP contribution >= 0.6 is 11.8 Å². The Kier molecular flexibility index (Phi) is 3.46. The van der Waals surface area contributed by atoms with Gasteiger partial charge in [-0.3, -0.25) is 4.79 Å². The van der Waals surface area contributed by atoms with Gasteiger partial charge in [0.2, 0.25) is 0 Å². The molecule has 0 radical (unpaired) electrons. The zero-order valence-electron chi connectivity index (χ0n) is 11.7. The minimum atomic E-state index is -0.799. The lowest BCUT2D eigenvalue weighted by atomic mass is 9.81. The molecule has 1 aromatic heterocycles. The number of fused-ring (bicyclic) bond motifs is 1. The smallest absolute Gasteiger partial charge is 0.313 e. The summed E-state index contributed by atoms with van der Waals surface area (Å²) in [6.45, 7) is 4.33. The van der Waals surface area contributed by atoms with E-state index in [0.717, 1.165) is 34.9 Å². The minimum Gasteiger partial charge on any atom is -0.481 e. The summed E-state index contributed by atoms with van der Waals surface area (Å²) in [4.78, 5) is 15.4. The molecule has 20 heavy (non-hydrogen) atoms. The number of nitrogens with zero attached hydrogens (tertiary/aromatic N) is 2. The first-order chi connectivity index (χ1) is 9.54. The topological polar surface area (TPSA) is 55.1 Å². The highest BCUT2D eigenvalue weighted by atomic mass is 32.2. The molecule has 0 spiro atoms. The molecule has 106 valence electrons. The van der Waals surface area contributed by atoms with E-state index in [0.29, 0.717) is 6.04 Å². The Bertz CT molecular complexity index is 659. The molecule has 3 rings (SSSR count). The van der Waals surface area contributed by atoms with E-state index < -0.39 is 5.97 Å². The highest BCUT2D eigenvalue weighted by Gasteiger charge is 2.30. The first kappa shape index (κ1) is 13.5. The van der Waals surface area contributed by atoms with Gasteiger partial charge < -0.3 is 9.67 Å². The van der Waals surface area contributed by atoms with Gasteiger partial charge in [-0.15, -0.1) is 0 Å². The van der Waals surface area contributed by atoms with E-state index in [4.69, 9.17) is 5.11 Å². The van der Waals surface area contributed by atoms with E-state index in [1.165, 1.54) is 17.3 Å². The summed E-state index contributed by atoms with van der Waals surface area (Å²) in [7, 11) is 0. The van der Waals surface area contributed by atoms with Crippen molar-refractivity contribution in [3.63, 3.8) is 0 Å². The van der Waals surface area contributed by atoms with Crippen LogP contribution in [0.5, 0.6) is 0 Å². The maximum absolute atomic E-state index is 10.8. The Morgan fingerprint density at radius 3 is 2.90 bits per heavy atom. The second-order valence-electron chi connectivity index (χ2n) is 5.67. The van der Waals surface area contributed by atoms with E-state index in [9.17, 15) is 4.79 Å². The number of carboxylic acid groups (broad SMARTS) is 1. The van der Waals surface area contributed by atoms with E-state index in [-0.39, 0.29) is 5.75 Å². The predicted molar refractivity (Wildman–Crippen MR) is 80.3 cm³/mol. The molecule has 0 saturated heterocycles. The third-order valence-electron chi connectivity index (χ3n) is 3.85. The molecule has 1 saturated carbocycles. The highest BCUT2D eigenvalue weighted by molar-refractivity contribution is 7.99. The number of rotatable bonds is 4. The van der Waals surface area contributed by atoms with Crippen molar-refractivity contribution in [3.8, 4) is 0 Å². The molecule has 0 unspecified atom stereocenters. The zero-order valence-corrected chi connectivity index (χ0v) is 12.5. The van der Waals surface area contributed by atoms with Gasteiger partial charge in [-0.2, -0.15) is 0 Å². The van der Waals surface area contributed by atoms with Gasteiger partial charge in [0.25, 0.3) is 0 Å². The Labute approximate surface area is 122 Å². The number of hydrogen-bond acceptors (Lipinski definition) is 3. The van der Waals surface area contributed by atoms with Gasteiger partial charge in [0, 0.05) is 6.04 Å². The van der Waals surface area contributed by atoms with Gasteiger partial charge in [0.1, 0.15) is 0 Å². The first-order valence-corrected chi connectivity index (χ1v) is 7.86. The third-order valence-corrected chi connectivity index (χ3v) is 4.79. The Hall–Kier alpha value is -1.49. The predicted octanol–water partition coefficient (Wildman–Crippen LogP) is 3.49. The van der Waals surface area contributed by atoms with E-state index in [1.54, 1.807) is 0 Å². The van der Waals surface area contributed by atoms with Crippen LogP contribution in [0, 0.1) is 12.8 Å². The number of carbonyl (C=O) groups is 1. The molecule has 5 heteroatoms. The lowest BCUT2D eigenvalue weighted by Gasteiger charge is -2.35. The van der Waals surface area contributed by atoms with Crippen molar-refractivity contribution in [2.75, 3.05) is 5.75 Å². The summed E-state index contributed by atoms with van der Waals surface area (Å²) in [5.41, 5.74) is 3.30. The summed E-state index contributed by atoms with van der Waals surface area (Å²) in [6.07, 6.45) is 2.31. The standard InChI is InChI=1S/C15H18N2O2S/c1-9-3-4-12-13(7-9)17(11-5-10(2)6-11)15(16-12)20-8-14(18)19/h3-4,7,10-11H,5-6,8H2,1-2H3,(H,18,19). The quantitative estimate of drug-likeness (QED) is 0.876. The van der Waals surface area contributed by atoms with E-state index in [1.807, 2.05) is 6.07 Å². The Morgan fingerprint density at radius 2 is 2.25 bits per heavy atom. The number of aromatic nitrogens is 2. The van der Waals surface area contributed by atoms with Crippen molar-refractivity contribution in [1.82, 2.24) is 9.55 Å². The number of imidazole rings is 1. The summed E-state index contributed by atoms with van der Waals surface area (Å²) < 4.78 is 2.25. The summed E-state index contributed by atoms with van der Waals surface area (Å²) in [6, 6.07) is 6.69. The van der Waals surface area contributed by atoms with Crippen LogP contribution in [0.3, 0.4) is 0 Å². The van der Waals surface area contributed by atoms with E-state index in [2.05, 4.69) is 35.5 Å². The van der Waals surface area contributed by atoms with Crippen LogP contribution in [0.1, 0.15) is 31.4 Å². The van der Waals surface area contributed by atoms with Crippen LogP contribution in [-0.2, 0) is 4.79 Å². The fourth-order valence-corrected chi connectivity index (χ4v) is 3.63. The normalized spacial score (nSPS) is 21.9. The van der Waals surface area contributed by atoms with Crippen LogP contribution in [0.15, 0.2) is 23.4 Å². The molecule has 1 aliphatic carbocycles. The Morgan fingerprint density at radius 1 is 1.50 bits per heavy atom. The highest BCUT2D eigenvalue weighted by Crippen LogP contribution is 2.41. The number of aryl methyl sites for hydroxylation is 1. The summed E-state index contributed by atoms with van der Waals surface area (Å²) in [5.74, 6) is 0.0104. The number of aliphatic carboxylic acids is 1. The van der Waals surface area contributed by atoms with Gasteiger partial charge in [0.15, 0.2) is 5.16 Å². The van der Waals surface area contributed by atoms with Gasteiger partial charge >= 0.3 is 5.97 Å². The second kappa shape index (κ2) is 5.13. The molecule has 1 aliphatic rings. The van der Waals surface area contributed by atoms with Crippen molar-refractivity contribution >= 4 is 28.8 Å². The van der Waals surface area contributed by atoms with Crippen LogP contribution in [0.4, 0.5) is 0 Å². The number of hydrogen-bond donors (Lipinski definition) is 1. The van der Waals surface area contributed by atoms with Crippen molar-refractivity contribution in [1.29, 1.82) is 0 Å². The molecule has 4 nitrogen and oxygen atoms in total. The Balaban J connectivity index is 2.03. The third kappa shape index (κ3) is 2.42. The molecule has 1 N–H and O–H groups in total. The molecule has 0 amide bonds. The van der Waals surface area contributed by atoms with Gasteiger partial charge in [-0.25, -0.2) is 4.98 Å². The monoisotopic (exact) mass is 290 g/mol. The molecule has 1 aromatic carbocycles. The minimum absolute atomic E-state index is 0.0601. The van der Waals surface area contributed by atoms with Gasteiger partial charge in [0.05, 0.1) is 16.8 Å². The van der Waals surface area contributed by atoms with Crippen LogP contribution in [0.25, 0.3) is 11.0 Å². The largest absolute Gasteiger partial charge is 0.481 e. The zero-order chi connectivity index (χ0) is 14.3. The molecule has 1 heterocycles. The van der Waals surface area contributed by atoms with Crippen LogP contribution in [0.2, 0.25) is 0 Å². The summed E-state index contributed by atoms with van der Waals surface area (Å²) in [5, 5.41) is 9.72. The van der Waals surface area contributed by atoms with Crippen molar-refractivity contribution in [3.05, 3.63) is 23.8 Å². The van der Waals surface area contributed by atoms with Crippen molar-refractivity contribution in [2.24, 2.45) is 5.92 Å². The molecular weight excluding hydrogens is 272 g/mol. The fourth-order valence-electron chi connectivity index (χ4n) is 2.83. The molecule has 0 aliphatic heterocycles. The fraction of sp³-hybridized carbons (Fsp3) is 0.467. The molecule has 0 atom stereocenters. The molecule has 1 fully saturated rings. The maximum atomic E-state index is 10.8. The van der Waals surface area contributed by atoms with Crippen LogP contribution < -0.4 is 0 Å². The number of carboxylic acids is 1. The van der Waals surface area contributed by atoms with Crippen LogP contribution in [-0.4, -0.2) is 26.4 Å². The lowest BCUT2D eigenvalue weighted by Crippen LogP contribution is -2.25. The first-order valence-electron chi connectivity index (χ1n) is 6.88. The second-order valence-corrected chi connectivity index (χ2v) is 6.61.